The number of esters is 1. The minimum absolute atomic E-state index is 0.155. The van der Waals surface area contributed by atoms with Crippen molar-refractivity contribution in [2.24, 2.45) is 0 Å². The maximum atomic E-state index is 11.3. The molecule has 4 nitrogen and oxygen atoms in total. The van der Waals surface area contributed by atoms with E-state index in [1.807, 2.05) is 0 Å². The maximum Gasteiger partial charge on any atom is 0.343 e. The summed E-state index contributed by atoms with van der Waals surface area (Å²) >= 11 is 5.76. The van der Waals surface area contributed by atoms with E-state index in [0.717, 1.165) is 0 Å². The lowest BCUT2D eigenvalue weighted by Crippen LogP contribution is -2.08. The average Bonchev–Trinajstić information content (AvgIpc) is 2.20. The van der Waals surface area contributed by atoms with Crippen LogP contribution in [0.2, 0.25) is 5.02 Å². The molecule has 1 rings (SSSR count). The van der Waals surface area contributed by atoms with Crippen LogP contribution >= 0.6 is 11.6 Å². The van der Waals surface area contributed by atoms with Gasteiger partial charge in [0.05, 0.1) is 24.9 Å². The van der Waals surface area contributed by atoms with E-state index in [9.17, 15) is 4.79 Å². The van der Waals surface area contributed by atoms with E-state index in [2.05, 4.69) is 4.74 Å². The third kappa shape index (κ3) is 1.75. The molecule has 1 aromatic carbocycles. The number of nitrogen functional groups attached to an aromatic ring is 1. The van der Waals surface area contributed by atoms with Crippen molar-refractivity contribution in [3.8, 4) is 5.75 Å². The molecule has 0 aliphatic heterocycles. The second-order valence-corrected chi connectivity index (χ2v) is 2.94. The normalized spacial score (nSPS) is 9.64. The number of carbonyl (C=O) groups is 1. The van der Waals surface area contributed by atoms with Gasteiger partial charge < -0.3 is 15.2 Å². The van der Waals surface area contributed by atoms with Gasteiger partial charge in [0.1, 0.15) is 11.3 Å². The Morgan fingerprint density at radius 3 is 2.57 bits per heavy atom. The molecule has 0 spiro atoms. The predicted molar refractivity (Wildman–Crippen MR) is 53.8 cm³/mol. The zero-order chi connectivity index (χ0) is 10.7. The lowest BCUT2D eigenvalue weighted by Gasteiger charge is -2.10. The summed E-state index contributed by atoms with van der Waals surface area (Å²) in [5.41, 5.74) is 5.94. The van der Waals surface area contributed by atoms with Crippen LogP contribution in [-0.4, -0.2) is 20.2 Å². The zero-order valence-electron chi connectivity index (χ0n) is 7.83. The molecule has 0 bridgehead atoms. The molecule has 0 saturated heterocycles. The molecular weight excluding hydrogens is 206 g/mol. The number of anilines is 1. The summed E-state index contributed by atoms with van der Waals surface area (Å²) in [7, 11) is 2.71. The lowest BCUT2D eigenvalue weighted by atomic mass is 10.1. The van der Waals surface area contributed by atoms with E-state index >= 15 is 0 Å². The first-order valence-electron chi connectivity index (χ1n) is 3.82. The molecular formula is C9H10ClNO3. The summed E-state index contributed by atoms with van der Waals surface area (Å²) < 4.78 is 9.52. The number of methoxy groups -OCH3 is 2. The average molecular weight is 216 g/mol. The number of carbonyl (C=O) groups excluding carboxylic acids is 1. The van der Waals surface area contributed by atoms with E-state index in [4.69, 9.17) is 22.1 Å². The third-order valence-corrected chi connectivity index (χ3v) is 2.09. The summed E-state index contributed by atoms with van der Waals surface area (Å²) in [6, 6.07) is 3.12. The molecule has 0 aromatic heterocycles. The molecule has 0 radical (unpaired) electrons. The van der Waals surface area contributed by atoms with Crippen LogP contribution < -0.4 is 10.5 Å². The van der Waals surface area contributed by atoms with Crippen LogP contribution in [0.1, 0.15) is 10.4 Å². The molecule has 5 heteroatoms. The Morgan fingerprint density at radius 1 is 1.43 bits per heavy atom. The number of rotatable bonds is 2. The zero-order valence-corrected chi connectivity index (χ0v) is 8.59. The molecule has 0 fully saturated rings. The van der Waals surface area contributed by atoms with E-state index in [1.54, 1.807) is 12.1 Å². The lowest BCUT2D eigenvalue weighted by molar-refractivity contribution is 0.0598. The summed E-state index contributed by atoms with van der Waals surface area (Å²) in [6.45, 7) is 0. The minimum Gasteiger partial charge on any atom is -0.496 e. The topological polar surface area (TPSA) is 61.5 Å². The molecule has 0 saturated carbocycles. The van der Waals surface area contributed by atoms with Crippen LogP contribution in [0, 0.1) is 0 Å². The van der Waals surface area contributed by atoms with Gasteiger partial charge >= 0.3 is 5.97 Å². The number of hydrogen-bond acceptors (Lipinski definition) is 4. The highest BCUT2D eigenvalue weighted by Crippen LogP contribution is 2.31. The van der Waals surface area contributed by atoms with Crippen molar-refractivity contribution in [1.82, 2.24) is 0 Å². The Labute approximate surface area is 86.6 Å². The first-order chi connectivity index (χ1) is 6.61. The number of nitrogens with two attached hydrogens (primary N) is 1. The Morgan fingerprint density at radius 2 is 2.07 bits per heavy atom. The number of benzene rings is 1. The number of hydrogen-bond donors (Lipinski definition) is 1. The van der Waals surface area contributed by atoms with Crippen LogP contribution in [0.5, 0.6) is 5.75 Å². The van der Waals surface area contributed by atoms with E-state index in [0.29, 0.717) is 10.8 Å². The van der Waals surface area contributed by atoms with Crippen molar-refractivity contribution in [3.63, 3.8) is 0 Å². The maximum absolute atomic E-state index is 11.3. The van der Waals surface area contributed by atoms with Crippen LogP contribution in [0.3, 0.4) is 0 Å². The van der Waals surface area contributed by atoms with Gasteiger partial charge in [-0.05, 0) is 12.1 Å². The Balaban J connectivity index is 3.35. The Kier molecular flexibility index (Phi) is 3.19. The second kappa shape index (κ2) is 4.19. The van der Waals surface area contributed by atoms with Crippen molar-refractivity contribution >= 4 is 23.3 Å². The highest BCUT2D eigenvalue weighted by atomic mass is 35.5. The Bertz CT molecular complexity index is 365. The van der Waals surface area contributed by atoms with Gasteiger partial charge in [-0.15, -0.1) is 0 Å². The van der Waals surface area contributed by atoms with Crippen LogP contribution in [0.4, 0.5) is 5.69 Å². The molecule has 0 unspecified atom stereocenters. The summed E-state index contributed by atoms with van der Waals surface area (Å²) in [4.78, 5) is 11.3. The van der Waals surface area contributed by atoms with E-state index < -0.39 is 5.97 Å². The van der Waals surface area contributed by atoms with Gasteiger partial charge in [-0.1, -0.05) is 11.6 Å². The molecule has 0 amide bonds. The first-order valence-corrected chi connectivity index (χ1v) is 4.20. The predicted octanol–water partition coefficient (Wildman–Crippen LogP) is 1.72. The van der Waals surface area contributed by atoms with Gasteiger partial charge in [0, 0.05) is 0 Å². The highest BCUT2D eigenvalue weighted by molar-refractivity contribution is 6.34. The van der Waals surface area contributed by atoms with Crippen molar-refractivity contribution in [3.05, 3.63) is 22.7 Å². The van der Waals surface area contributed by atoms with Crippen LogP contribution in [0.15, 0.2) is 12.1 Å². The van der Waals surface area contributed by atoms with Gasteiger partial charge in [0.15, 0.2) is 0 Å². The number of ether oxygens (including phenoxy) is 2. The fourth-order valence-electron chi connectivity index (χ4n) is 1.06. The van der Waals surface area contributed by atoms with Crippen LogP contribution in [-0.2, 0) is 4.74 Å². The molecule has 0 aliphatic carbocycles. The fourth-order valence-corrected chi connectivity index (χ4v) is 1.21. The molecule has 14 heavy (non-hydrogen) atoms. The molecule has 0 heterocycles. The van der Waals surface area contributed by atoms with Crippen molar-refractivity contribution in [2.75, 3.05) is 20.0 Å². The van der Waals surface area contributed by atoms with Crippen LogP contribution in [0.25, 0.3) is 0 Å². The van der Waals surface area contributed by atoms with E-state index in [-0.39, 0.29) is 11.3 Å². The van der Waals surface area contributed by atoms with Gasteiger partial charge in [-0.3, -0.25) is 0 Å². The molecule has 0 aliphatic rings. The highest BCUT2D eigenvalue weighted by Gasteiger charge is 2.18. The molecule has 1 aromatic rings. The fraction of sp³-hybridized carbons (Fsp3) is 0.222. The van der Waals surface area contributed by atoms with Gasteiger partial charge in [-0.25, -0.2) is 4.79 Å². The van der Waals surface area contributed by atoms with Crippen molar-refractivity contribution < 1.29 is 14.3 Å². The first kappa shape index (κ1) is 10.7. The van der Waals surface area contributed by atoms with Gasteiger partial charge in [-0.2, -0.15) is 0 Å². The quantitative estimate of drug-likeness (QED) is 0.603. The smallest absolute Gasteiger partial charge is 0.343 e. The third-order valence-electron chi connectivity index (χ3n) is 1.76. The van der Waals surface area contributed by atoms with Gasteiger partial charge in [0.25, 0.3) is 0 Å². The Hall–Kier alpha value is -1.42. The minimum atomic E-state index is -0.568. The standard InChI is InChI=1S/C9H10ClNO3/c1-13-6-4-3-5(10)8(11)7(6)9(12)14-2/h3-4H,11H2,1-2H3. The van der Waals surface area contributed by atoms with Gasteiger partial charge in [0.2, 0.25) is 0 Å². The van der Waals surface area contributed by atoms with Crippen molar-refractivity contribution in [2.45, 2.75) is 0 Å². The number of halogens is 1. The second-order valence-electron chi connectivity index (χ2n) is 2.53. The molecule has 2 N–H and O–H groups in total. The molecule has 76 valence electrons. The summed E-state index contributed by atoms with van der Waals surface area (Å²) in [5, 5.41) is 0.297. The monoisotopic (exact) mass is 215 g/mol. The largest absolute Gasteiger partial charge is 0.496 e. The summed E-state index contributed by atoms with van der Waals surface area (Å²) in [5.74, 6) is -0.222. The summed E-state index contributed by atoms with van der Waals surface area (Å²) in [6.07, 6.45) is 0. The SMILES string of the molecule is COC(=O)c1c(OC)ccc(Cl)c1N. The van der Waals surface area contributed by atoms with Crippen molar-refractivity contribution in [1.29, 1.82) is 0 Å². The molecule has 0 atom stereocenters. The van der Waals surface area contributed by atoms with E-state index in [1.165, 1.54) is 14.2 Å².